The Hall–Kier alpha value is -2.50. The van der Waals surface area contributed by atoms with Crippen molar-refractivity contribution in [2.75, 3.05) is 25.5 Å². The number of carbonyl (C=O) groups excluding carboxylic acids is 1. The van der Waals surface area contributed by atoms with E-state index in [1.54, 1.807) is 11.8 Å². The molecule has 25 heavy (non-hydrogen) atoms. The summed E-state index contributed by atoms with van der Waals surface area (Å²) in [6, 6.07) is 9.65. The van der Waals surface area contributed by atoms with Gasteiger partial charge in [-0.15, -0.1) is 0 Å². The highest BCUT2D eigenvalue weighted by molar-refractivity contribution is 5.89. The molecule has 1 saturated carbocycles. The zero-order chi connectivity index (χ0) is 17.4. The van der Waals surface area contributed by atoms with E-state index in [4.69, 9.17) is 4.74 Å². The van der Waals surface area contributed by atoms with Gasteiger partial charge in [0.25, 0.3) is 0 Å². The largest absolute Gasteiger partial charge is 0.497 e. The highest BCUT2D eigenvalue weighted by atomic mass is 16.5. The first-order chi connectivity index (χ1) is 12.1. The highest BCUT2D eigenvalue weighted by Gasteiger charge is 2.38. The molecular weight excluding hydrogens is 316 g/mol. The number of hydrogen-bond acceptors (Lipinski definition) is 3. The fourth-order valence-corrected chi connectivity index (χ4v) is 4.10. The van der Waals surface area contributed by atoms with Crippen molar-refractivity contribution in [1.29, 1.82) is 0 Å². The van der Waals surface area contributed by atoms with Crippen LogP contribution in [0.25, 0.3) is 11.3 Å². The Labute approximate surface area is 147 Å². The van der Waals surface area contributed by atoms with E-state index in [9.17, 15) is 4.79 Å². The summed E-state index contributed by atoms with van der Waals surface area (Å²) in [5.41, 5.74) is 1.78. The summed E-state index contributed by atoms with van der Waals surface area (Å²) >= 11 is 0. The molecule has 2 atom stereocenters. The summed E-state index contributed by atoms with van der Waals surface area (Å²) in [6.07, 6.45) is 3.84. The molecule has 1 aliphatic carbocycles. The van der Waals surface area contributed by atoms with E-state index in [0.29, 0.717) is 17.7 Å². The van der Waals surface area contributed by atoms with E-state index in [1.165, 1.54) is 19.3 Å². The number of rotatable bonds is 3. The summed E-state index contributed by atoms with van der Waals surface area (Å²) in [5, 5.41) is 7.54. The van der Waals surface area contributed by atoms with Crippen LogP contribution in [0.3, 0.4) is 0 Å². The Morgan fingerprint density at radius 1 is 1.24 bits per heavy atom. The van der Waals surface area contributed by atoms with Crippen molar-refractivity contribution >= 4 is 11.8 Å². The van der Waals surface area contributed by atoms with E-state index < -0.39 is 0 Å². The van der Waals surface area contributed by atoms with Crippen LogP contribution in [-0.4, -0.2) is 40.9 Å². The Morgan fingerprint density at radius 3 is 2.72 bits per heavy atom. The maximum absolute atomic E-state index is 12.6. The van der Waals surface area contributed by atoms with E-state index in [0.717, 1.165) is 30.1 Å². The molecule has 1 aliphatic heterocycles. The molecule has 1 N–H and O–H groups in total. The summed E-state index contributed by atoms with van der Waals surface area (Å²) in [7, 11) is 3.49. The minimum atomic E-state index is -0.0189. The van der Waals surface area contributed by atoms with Gasteiger partial charge in [-0.25, -0.2) is 4.79 Å². The number of amides is 2. The lowest BCUT2D eigenvalue weighted by molar-refractivity contribution is 0.218. The number of aryl methyl sites for hydroxylation is 1. The zero-order valence-corrected chi connectivity index (χ0v) is 14.7. The molecule has 2 fully saturated rings. The first-order valence-corrected chi connectivity index (χ1v) is 8.88. The van der Waals surface area contributed by atoms with Crippen LogP contribution in [0.1, 0.15) is 19.3 Å². The maximum Gasteiger partial charge on any atom is 0.323 e. The van der Waals surface area contributed by atoms with Gasteiger partial charge in [-0.05, 0) is 36.8 Å². The Kier molecular flexibility index (Phi) is 4.11. The first-order valence-electron chi connectivity index (χ1n) is 8.88. The molecule has 2 unspecified atom stereocenters. The van der Waals surface area contributed by atoms with E-state index in [1.807, 2.05) is 42.3 Å². The maximum atomic E-state index is 12.6. The fourth-order valence-electron chi connectivity index (χ4n) is 4.10. The number of nitrogens with zero attached hydrogens (tertiary/aromatic N) is 3. The van der Waals surface area contributed by atoms with Gasteiger partial charge in [0.15, 0.2) is 0 Å². The lowest BCUT2D eigenvalue weighted by Gasteiger charge is -2.17. The molecule has 1 aromatic carbocycles. The number of carbonyl (C=O) groups is 1. The Balaban J connectivity index is 1.48. The third-order valence-corrected chi connectivity index (χ3v) is 5.49. The average Bonchev–Trinajstić information content (AvgIpc) is 3.30. The second-order valence-electron chi connectivity index (χ2n) is 7.06. The summed E-state index contributed by atoms with van der Waals surface area (Å²) in [6.45, 7) is 1.77. The van der Waals surface area contributed by atoms with Crippen LogP contribution in [0.15, 0.2) is 30.3 Å². The molecule has 2 aromatic rings. The molecule has 1 aromatic heterocycles. The van der Waals surface area contributed by atoms with Gasteiger partial charge in [0, 0.05) is 31.8 Å². The Bertz CT molecular complexity index is 773. The summed E-state index contributed by atoms with van der Waals surface area (Å²) in [4.78, 5) is 14.5. The number of methoxy groups -OCH3 is 1. The average molecular weight is 340 g/mol. The number of likely N-dealkylation sites (tertiary alicyclic amines) is 1. The monoisotopic (exact) mass is 340 g/mol. The molecule has 0 radical (unpaired) electrons. The third kappa shape index (κ3) is 3.08. The van der Waals surface area contributed by atoms with Crippen LogP contribution in [-0.2, 0) is 7.05 Å². The smallest absolute Gasteiger partial charge is 0.323 e. The second-order valence-corrected chi connectivity index (χ2v) is 7.06. The number of urea groups is 1. The number of hydrogen-bond donors (Lipinski definition) is 1. The van der Waals surface area contributed by atoms with Crippen molar-refractivity contribution in [3.8, 4) is 17.0 Å². The normalized spacial score (nSPS) is 22.1. The van der Waals surface area contributed by atoms with Gasteiger partial charge in [0.05, 0.1) is 12.8 Å². The number of fused-ring (bicyclic) bond motifs is 1. The predicted octanol–water partition coefficient (Wildman–Crippen LogP) is 3.36. The van der Waals surface area contributed by atoms with Gasteiger partial charge in [-0.3, -0.25) is 10.00 Å². The topological polar surface area (TPSA) is 59.4 Å². The van der Waals surface area contributed by atoms with Crippen LogP contribution >= 0.6 is 0 Å². The minimum absolute atomic E-state index is 0.0189. The molecule has 0 bridgehead atoms. The number of ether oxygens (including phenoxy) is 1. The molecule has 1 saturated heterocycles. The standard InChI is InChI=1S/C19H24N4O2/c1-22-18(10-17(21-22)13-5-4-8-16(9-13)25-2)20-19(24)23-11-14-6-3-7-15(14)12-23/h4-5,8-10,14-15H,3,6-7,11-12H2,1-2H3,(H,20,24). The van der Waals surface area contributed by atoms with Crippen LogP contribution in [0.5, 0.6) is 5.75 Å². The van der Waals surface area contributed by atoms with E-state index >= 15 is 0 Å². The number of benzene rings is 1. The molecule has 2 heterocycles. The lowest BCUT2D eigenvalue weighted by atomic mass is 10.0. The van der Waals surface area contributed by atoms with Crippen molar-refractivity contribution in [2.45, 2.75) is 19.3 Å². The molecule has 132 valence electrons. The van der Waals surface area contributed by atoms with Gasteiger partial charge in [-0.2, -0.15) is 5.10 Å². The number of nitrogens with one attached hydrogen (secondary N) is 1. The molecule has 6 heteroatoms. The van der Waals surface area contributed by atoms with Crippen LogP contribution in [0.4, 0.5) is 10.6 Å². The van der Waals surface area contributed by atoms with Crippen LogP contribution < -0.4 is 10.1 Å². The van der Waals surface area contributed by atoms with E-state index in [-0.39, 0.29) is 6.03 Å². The molecule has 4 rings (SSSR count). The summed E-state index contributed by atoms with van der Waals surface area (Å²) < 4.78 is 6.98. The predicted molar refractivity (Wildman–Crippen MR) is 96.6 cm³/mol. The molecule has 2 amide bonds. The van der Waals surface area contributed by atoms with Gasteiger partial charge < -0.3 is 9.64 Å². The highest BCUT2D eigenvalue weighted by Crippen LogP contribution is 2.37. The molecule has 0 spiro atoms. The van der Waals surface area contributed by atoms with Crippen molar-refractivity contribution in [3.05, 3.63) is 30.3 Å². The van der Waals surface area contributed by atoms with E-state index in [2.05, 4.69) is 10.4 Å². The van der Waals surface area contributed by atoms with Crippen molar-refractivity contribution in [3.63, 3.8) is 0 Å². The van der Waals surface area contributed by atoms with Gasteiger partial charge >= 0.3 is 6.03 Å². The van der Waals surface area contributed by atoms with Crippen LogP contribution in [0, 0.1) is 11.8 Å². The first kappa shape index (κ1) is 16.0. The minimum Gasteiger partial charge on any atom is -0.497 e. The SMILES string of the molecule is COc1cccc(-c2cc(NC(=O)N3CC4CCCC4C3)n(C)n2)c1. The molecule has 2 aliphatic rings. The van der Waals surface area contributed by atoms with Crippen molar-refractivity contribution in [2.24, 2.45) is 18.9 Å². The zero-order valence-electron chi connectivity index (χ0n) is 14.7. The van der Waals surface area contributed by atoms with Crippen molar-refractivity contribution < 1.29 is 9.53 Å². The van der Waals surface area contributed by atoms with Gasteiger partial charge in [0.2, 0.25) is 0 Å². The van der Waals surface area contributed by atoms with Gasteiger partial charge in [0.1, 0.15) is 11.6 Å². The Morgan fingerprint density at radius 2 is 2.00 bits per heavy atom. The lowest BCUT2D eigenvalue weighted by Crippen LogP contribution is -2.34. The quantitative estimate of drug-likeness (QED) is 0.932. The van der Waals surface area contributed by atoms with Gasteiger partial charge in [-0.1, -0.05) is 18.6 Å². The number of aromatic nitrogens is 2. The number of anilines is 1. The summed E-state index contributed by atoms with van der Waals surface area (Å²) in [5.74, 6) is 2.89. The third-order valence-electron chi connectivity index (χ3n) is 5.49. The van der Waals surface area contributed by atoms with Crippen LogP contribution in [0.2, 0.25) is 0 Å². The molecule has 6 nitrogen and oxygen atoms in total. The molecular formula is C19H24N4O2. The van der Waals surface area contributed by atoms with Crippen molar-refractivity contribution in [1.82, 2.24) is 14.7 Å². The fraction of sp³-hybridized carbons (Fsp3) is 0.474. The second kappa shape index (κ2) is 6.43.